The lowest BCUT2D eigenvalue weighted by Crippen LogP contribution is -2.31. The molecule has 0 bridgehead atoms. The average Bonchev–Trinajstić information content (AvgIpc) is 3.08. The minimum Gasteiger partial charge on any atom is -0.290 e. The van der Waals surface area contributed by atoms with Gasteiger partial charge in [0, 0.05) is 0 Å². The fourth-order valence-corrected chi connectivity index (χ4v) is 13.3. The van der Waals surface area contributed by atoms with E-state index in [4.69, 9.17) is 0 Å². The maximum absolute atomic E-state index is 14.9. The third-order valence-electron chi connectivity index (χ3n) is 7.62. The van der Waals surface area contributed by atoms with Gasteiger partial charge in [0.2, 0.25) is 0 Å². The number of hydrogen-bond acceptors (Lipinski definition) is 1. The third-order valence-corrected chi connectivity index (χ3v) is 15.6. The molecule has 42 heavy (non-hydrogen) atoms. The molecule has 6 aromatic rings. The van der Waals surface area contributed by atoms with Crippen molar-refractivity contribution in [3.63, 3.8) is 0 Å². The third kappa shape index (κ3) is 5.31. The van der Waals surface area contributed by atoms with E-state index >= 15 is 0 Å². The molecule has 0 N–H and O–H groups in total. The van der Waals surface area contributed by atoms with E-state index in [1.54, 1.807) is 0 Å². The standard InChI is InChI=1S/C39H32OP2/c40-33(31-41(34-19-7-1-8-20-34,35-21-9-2-10-22-35)36-23-11-3-12-24-36)32-42(37-25-13-4-14-26-37,38-27-15-5-16-28-38)39-29-17-6-18-30-39/h1-32H. The van der Waals surface area contributed by atoms with Crippen LogP contribution in [-0.4, -0.2) is 17.4 Å². The first-order valence-electron chi connectivity index (χ1n) is 14.1. The maximum atomic E-state index is 14.9. The summed E-state index contributed by atoms with van der Waals surface area (Å²) in [6, 6.07) is 63.2. The van der Waals surface area contributed by atoms with Crippen molar-refractivity contribution in [2.45, 2.75) is 0 Å². The van der Waals surface area contributed by atoms with Crippen molar-refractivity contribution in [1.82, 2.24) is 0 Å². The lowest BCUT2D eigenvalue weighted by atomic mass is 10.4. The molecule has 6 rings (SSSR count). The van der Waals surface area contributed by atoms with Gasteiger partial charge in [-0.25, -0.2) is 0 Å². The second kappa shape index (κ2) is 12.6. The second-order valence-corrected chi connectivity index (χ2v) is 16.6. The van der Waals surface area contributed by atoms with Gasteiger partial charge < -0.3 is 0 Å². The van der Waals surface area contributed by atoms with Gasteiger partial charge in [0.15, 0.2) is 5.78 Å². The summed E-state index contributed by atoms with van der Waals surface area (Å²) in [5.74, 6) is 4.15. The Morgan fingerprint density at radius 2 is 0.476 bits per heavy atom. The van der Waals surface area contributed by atoms with Crippen LogP contribution in [0.15, 0.2) is 182 Å². The van der Waals surface area contributed by atoms with Gasteiger partial charge in [0.25, 0.3) is 0 Å². The van der Waals surface area contributed by atoms with Crippen LogP contribution in [0.5, 0.6) is 0 Å². The van der Waals surface area contributed by atoms with Gasteiger partial charge in [-0.1, -0.05) is 182 Å². The van der Waals surface area contributed by atoms with E-state index in [9.17, 15) is 4.79 Å². The van der Waals surface area contributed by atoms with Gasteiger partial charge in [-0.2, -0.15) is 0 Å². The van der Waals surface area contributed by atoms with Crippen LogP contribution >= 0.6 is 13.8 Å². The van der Waals surface area contributed by atoms with E-state index in [1.807, 2.05) is 36.4 Å². The topological polar surface area (TPSA) is 17.1 Å². The zero-order valence-corrected chi connectivity index (χ0v) is 25.1. The zero-order chi connectivity index (χ0) is 28.7. The molecule has 0 saturated heterocycles. The SMILES string of the molecule is O=C(C=P(c1ccccc1)(c1ccccc1)c1ccccc1)C=P(c1ccccc1)(c1ccccc1)c1ccccc1. The number of carbonyl (C=O) groups is 1. The highest BCUT2D eigenvalue weighted by atomic mass is 31.2. The average molecular weight is 579 g/mol. The molecule has 1 nitrogen and oxygen atoms in total. The lowest BCUT2D eigenvalue weighted by molar-refractivity contribution is -0.106. The van der Waals surface area contributed by atoms with E-state index in [-0.39, 0.29) is 5.78 Å². The first-order valence-corrected chi connectivity index (χ1v) is 17.8. The minimum atomic E-state index is -2.46. The molecule has 0 aromatic heterocycles. The summed E-state index contributed by atoms with van der Waals surface area (Å²) >= 11 is 0. The van der Waals surface area contributed by atoms with E-state index < -0.39 is 13.8 Å². The van der Waals surface area contributed by atoms with Crippen molar-refractivity contribution in [3.05, 3.63) is 182 Å². The molecule has 6 aromatic carbocycles. The number of carbonyl (C=O) groups excluding carboxylic acids is 1. The van der Waals surface area contributed by atoms with Crippen LogP contribution < -0.4 is 31.8 Å². The quantitative estimate of drug-likeness (QED) is 0.198. The summed E-state index contributed by atoms with van der Waals surface area (Å²) in [5.41, 5.74) is 0. The van der Waals surface area contributed by atoms with Crippen LogP contribution in [0.4, 0.5) is 0 Å². The Bertz CT molecular complexity index is 1520. The van der Waals surface area contributed by atoms with Crippen LogP contribution in [0, 0.1) is 0 Å². The van der Waals surface area contributed by atoms with Gasteiger partial charge in [-0.15, -0.1) is 0 Å². The first-order chi connectivity index (χ1) is 20.7. The number of rotatable bonds is 8. The fraction of sp³-hybridized carbons (Fsp3) is 0. The molecule has 0 spiro atoms. The Balaban J connectivity index is 1.73. The van der Waals surface area contributed by atoms with Crippen LogP contribution in [0.1, 0.15) is 0 Å². The molecule has 0 aliphatic heterocycles. The maximum Gasteiger partial charge on any atom is 0.180 e. The van der Waals surface area contributed by atoms with Crippen molar-refractivity contribution < 1.29 is 4.79 Å². The summed E-state index contributed by atoms with van der Waals surface area (Å²) in [7, 11) is 0. The molecule has 0 heterocycles. The molecule has 0 amide bonds. The van der Waals surface area contributed by atoms with E-state index in [0.717, 1.165) is 31.8 Å². The molecule has 0 aliphatic rings. The summed E-state index contributed by atoms with van der Waals surface area (Å²) in [6.07, 6.45) is 0. The van der Waals surface area contributed by atoms with E-state index in [2.05, 4.69) is 157 Å². The highest BCUT2D eigenvalue weighted by molar-refractivity contribution is 7.97. The molecule has 3 heteroatoms. The monoisotopic (exact) mass is 578 g/mol. The fourth-order valence-electron chi connectivity index (χ4n) is 5.74. The molecular weight excluding hydrogens is 546 g/mol. The highest BCUT2D eigenvalue weighted by Gasteiger charge is 2.29. The molecular formula is C39H32OP2. The molecule has 0 aliphatic carbocycles. The molecule has 0 radical (unpaired) electrons. The largest absolute Gasteiger partial charge is 0.290 e. The van der Waals surface area contributed by atoms with Gasteiger partial charge in [0.1, 0.15) is 0 Å². The molecule has 0 fully saturated rings. The van der Waals surface area contributed by atoms with Crippen molar-refractivity contribution >= 4 is 63.0 Å². The Kier molecular flexibility index (Phi) is 8.34. The Hall–Kier alpha value is -4.41. The Labute approximate surface area is 249 Å². The molecule has 0 saturated carbocycles. The summed E-state index contributed by atoms with van der Waals surface area (Å²) in [4.78, 5) is 14.9. The summed E-state index contributed by atoms with van der Waals surface area (Å²) < 4.78 is 0. The van der Waals surface area contributed by atoms with E-state index in [1.165, 1.54) is 0 Å². The highest BCUT2D eigenvalue weighted by Crippen LogP contribution is 2.46. The molecule has 204 valence electrons. The zero-order valence-electron chi connectivity index (χ0n) is 23.3. The predicted molar refractivity (Wildman–Crippen MR) is 187 cm³/mol. The normalized spacial score (nSPS) is 11.4. The Morgan fingerprint density at radius 3 is 0.643 bits per heavy atom. The van der Waals surface area contributed by atoms with Gasteiger partial charge in [-0.3, -0.25) is 4.79 Å². The summed E-state index contributed by atoms with van der Waals surface area (Å²) in [5, 5.41) is 6.96. The summed E-state index contributed by atoms with van der Waals surface area (Å²) in [6.45, 7) is -4.92. The second-order valence-electron chi connectivity index (χ2n) is 10.1. The van der Waals surface area contributed by atoms with Crippen LogP contribution in [-0.2, 0) is 4.79 Å². The number of ketones is 1. The van der Waals surface area contributed by atoms with Crippen molar-refractivity contribution in [3.8, 4) is 0 Å². The number of hydrogen-bond donors (Lipinski definition) is 0. The Morgan fingerprint density at radius 1 is 0.310 bits per heavy atom. The number of benzene rings is 6. The van der Waals surface area contributed by atoms with Gasteiger partial charge in [-0.05, 0) is 57.2 Å². The predicted octanol–water partition coefficient (Wildman–Crippen LogP) is 6.15. The lowest BCUT2D eigenvalue weighted by Gasteiger charge is -2.30. The van der Waals surface area contributed by atoms with Gasteiger partial charge >= 0.3 is 0 Å². The first kappa shape index (κ1) is 27.7. The van der Waals surface area contributed by atoms with E-state index in [0.29, 0.717) is 0 Å². The molecule has 0 atom stereocenters. The van der Waals surface area contributed by atoms with Gasteiger partial charge in [0.05, 0.1) is 0 Å². The van der Waals surface area contributed by atoms with Crippen molar-refractivity contribution in [2.24, 2.45) is 0 Å². The van der Waals surface area contributed by atoms with Crippen LogP contribution in [0.2, 0.25) is 0 Å². The van der Waals surface area contributed by atoms with Crippen molar-refractivity contribution in [1.29, 1.82) is 0 Å². The van der Waals surface area contributed by atoms with Crippen molar-refractivity contribution in [2.75, 3.05) is 0 Å². The molecule has 0 unspecified atom stereocenters. The minimum absolute atomic E-state index is 0.0461. The van der Waals surface area contributed by atoms with Crippen LogP contribution in [0.25, 0.3) is 0 Å². The smallest absolute Gasteiger partial charge is 0.180 e. The van der Waals surface area contributed by atoms with Crippen LogP contribution in [0.3, 0.4) is 0 Å². The number of Topliss-reactive ketones (excluding diaryl/α,β-unsaturated/α-hetero) is 1.